The zero-order chi connectivity index (χ0) is 17.3. The van der Waals surface area contributed by atoms with Gasteiger partial charge in [-0.25, -0.2) is 16.8 Å². The molecule has 122 valence electrons. The first kappa shape index (κ1) is 24.8. The van der Waals surface area contributed by atoms with E-state index >= 15 is 0 Å². The van der Waals surface area contributed by atoms with E-state index in [1.165, 1.54) is 42.5 Å². The second-order valence-corrected chi connectivity index (χ2v) is 7.27. The minimum Gasteiger partial charge on any atom is -0.744 e. The smallest absolute Gasteiger partial charge is 0.744 e. The van der Waals surface area contributed by atoms with E-state index in [4.69, 9.17) is 5.73 Å². The van der Waals surface area contributed by atoms with E-state index in [1.54, 1.807) is 0 Å². The predicted octanol–water partition coefficient (Wildman–Crippen LogP) is -4.74. The second-order valence-electron chi connectivity index (χ2n) is 4.58. The molecule has 0 spiro atoms. The molecule has 0 atom stereocenters. The average Bonchev–Trinajstić information content (AvgIpc) is 2.44. The Hall–Kier alpha value is -0.200. The summed E-state index contributed by atoms with van der Waals surface area (Å²) in [5.74, 6) is 0. The van der Waals surface area contributed by atoms with Crippen LogP contribution in [0.4, 0.5) is 5.69 Å². The van der Waals surface area contributed by atoms with E-state index < -0.39 is 30.0 Å². The molecule has 0 unspecified atom stereocenters. The normalized spacial score (nSPS) is 11.6. The van der Waals surface area contributed by atoms with Crippen molar-refractivity contribution in [2.24, 2.45) is 0 Å². The molecule has 2 rings (SSSR count). The van der Waals surface area contributed by atoms with Crippen LogP contribution in [-0.4, -0.2) is 25.9 Å². The van der Waals surface area contributed by atoms with Crippen LogP contribution in [0.2, 0.25) is 0 Å². The maximum atomic E-state index is 11.3. The van der Waals surface area contributed by atoms with Crippen molar-refractivity contribution in [3.63, 3.8) is 0 Å². The molecule has 0 aliphatic rings. The fraction of sp³-hybridized carbons (Fsp3) is 0. The van der Waals surface area contributed by atoms with Gasteiger partial charge in [0.05, 0.1) is 9.79 Å². The van der Waals surface area contributed by atoms with Gasteiger partial charge in [-0.1, -0.05) is 36.4 Å². The third-order valence-electron chi connectivity index (χ3n) is 2.94. The summed E-state index contributed by atoms with van der Waals surface area (Å²) in [6.45, 7) is 0. The third kappa shape index (κ3) is 6.79. The standard InChI is InChI=1S/C14H13NO6S2.2Na/c15-12-8-7-11(14(9-12)23(19,20)21)6-5-10-3-1-2-4-13(10)22(16,17)18;;/h1-9H,15H2,(H,16,17,18)(H,19,20,21);;/q;2*+1/p-2. The van der Waals surface area contributed by atoms with Crippen molar-refractivity contribution in [1.29, 1.82) is 0 Å². The molecule has 2 aromatic rings. The SMILES string of the molecule is Nc1ccc(C=Cc2ccccc2S(=O)(=O)[O-])c(S(=O)(=O)[O-])c1.[Na+].[Na+]. The van der Waals surface area contributed by atoms with Gasteiger partial charge in [-0.3, -0.25) is 0 Å². The number of hydrogen-bond acceptors (Lipinski definition) is 7. The average molecular weight is 399 g/mol. The second kappa shape index (κ2) is 9.65. The van der Waals surface area contributed by atoms with Gasteiger partial charge >= 0.3 is 59.1 Å². The van der Waals surface area contributed by atoms with Crippen LogP contribution < -0.4 is 64.8 Å². The maximum absolute atomic E-state index is 11.3. The van der Waals surface area contributed by atoms with Crippen molar-refractivity contribution in [2.45, 2.75) is 9.79 Å². The molecule has 0 amide bonds. The van der Waals surface area contributed by atoms with Gasteiger partial charge < -0.3 is 14.8 Å². The molecule has 0 fully saturated rings. The van der Waals surface area contributed by atoms with Crippen molar-refractivity contribution in [1.82, 2.24) is 0 Å². The van der Waals surface area contributed by atoms with Crippen molar-refractivity contribution < 1.29 is 85.1 Å². The van der Waals surface area contributed by atoms with E-state index in [-0.39, 0.29) is 75.9 Å². The topological polar surface area (TPSA) is 140 Å². The molecule has 0 radical (unpaired) electrons. The molecular formula is C14H11NNa2O6S2. The van der Waals surface area contributed by atoms with Gasteiger partial charge in [0.2, 0.25) is 0 Å². The number of hydrogen-bond donors (Lipinski definition) is 1. The molecular weight excluding hydrogens is 388 g/mol. The molecule has 2 aromatic carbocycles. The van der Waals surface area contributed by atoms with Crippen LogP contribution in [0, 0.1) is 0 Å². The number of rotatable bonds is 4. The van der Waals surface area contributed by atoms with E-state index in [0.717, 1.165) is 12.1 Å². The predicted molar refractivity (Wildman–Crippen MR) is 82.2 cm³/mol. The number of anilines is 1. The molecule has 0 heterocycles. The molecule has 0 saturated carbocycles. The first-order chi connectivity index (χ1) is 10.6. The van der Waals surface area contributed by atoms with E-state index in [1.807, 2.05) is 0 Å². The molecule has 0 saturated heterocycles. The molecule has 25 heavy (non-hydrogen) atoms. The van der Waals surface area contributed by atoms with Gasteiger partial charge in [0.25, 0.3) is 0 Å². The van der Waals surface area contributed by atoms with Crippen molar-refractivity contribution in [3.05, 3.63) is 53.6 Å². The van der Waals surface area contributed by atoms with E-state index in [9.17, 15) is 25.9 Å². The first-order valence-electron chi connectivity index (χ1n) is 6.17. The van der Waals surface area contributed by atoms with Crippen LogP contribution in [0.25, 0.3) is 12.2 Å². The summed E-state index contributed by atoms with van der Waals surface area (Å²) in [6.07, 6.45) is 2.47. The fourth-order valence-corrected chi connectivity index (χ4v) is 3.31. The summed E-state index contributed by atoms with van der Waals surface area (Å²) in [5, 5.41) is 0. The van der Waals surface area contributed by atoms with Crippen molar-refractivity contribution >= 4 is 38.1 Å². The Morgan fingerprint density at radius 2 is 1.24 bits per heavy atom. The van der Waals surface area contributed by atoms with Crippen molar-refractivity contribution in [2.75, 3.05) is 5.73 Å². The number of nitrogen functional groups attached to an aromatic ring is 1. The molecule has 2 N–H and O–H groups in total. The summed E-state index contributed by atoms with van der Waals surface area (Å²) in [5.41, 5.74) is 5.67. The molecule has 0 aromatic heterocycles. The summed E-state index contributed by atoms with van der Waals surface area (Å²) < 4.78 is 67.3. The Bertz CT molecular complexity index is 988. The zero-order valence-electron chi connectivity index (χ0n) is 13.5. The monoisotopic (exact) mass is 399 g/mol. The fourth-order valence-electron chi connectivity index (χ4n) is 1.93. The molecule has 0 bridgehead atoms. The van der Waals surface area contributed by atoms with Crippen LogP contribution in [-0.2, 0) is 20.2 Å². The molecule has 11 heteroatoms. The number of nitrogens with two attached hydrogens (primary N) is 1. The third-order valence-corrected chi connectivity index (χ3v) is 4.74. The number of benzene rings is 2. The van der Waals surface area contributed by atoms with Gasteiger partial charge in [-0.2, -0.15) is 0 Å². The minimum absolute atomic E-state index is 0. The van der Waals surface area contributed by atoms with Gasteiger partial charge in [0.15, 0.2) is 0 Å². The van der Waals surface area contributed by atoms with Gasteiger partial charge in [0.1, 0.15) is 20.2 Å². The minimum atomic E-state index is -4.76. The zero-order valence-corrected chi connectivity index (χ0v) is 19.2. The summed E-state index contributed by atoms with van der Waals surface area (Å²) >= 11 is 0. The maximum Gasteiger partial charge on any atom is 1.00 e. The summed E-state index contributed by atoms with van der Waals surface area (Å²) in [6, 6.07) is 9.13. The Morgan fingerprint density at radius 1 is 0.760 bits per heavy atom. The van der Waals surface area contributed by atoms with Crippen molar-refractivity contribution in [3.8, 4) is 0 Å². The first-order valence-corrected chi connectivity index (χ1v) is 8.99. The van der Waals surface area contributed by atoms with Crippen LogP contribution in [0.5, 0.6) is 0 Å². The van der Waals surface area contributed by atoms with Crippen LogP contribution in [0.15, 0.2) is 52.3 Å². The summed E-state index contributed by atoms with van der Waals surface area (Å²) in [7, 11) is -9.44. The van der Waals surface area contributed by atoms with Crippen LogP contribution >= 0.6 is 0 Å². The Labute approximate surface area is 190 Å². The Kier molecular flexibility index (Phi) is 9.58. The van der Waals surface area contributed by atoms with Crippen LogP contribution in [0.3, 0.4) is 0 Å². The summed E-state index contributed by atoms with van der Waals surface area (Å²) in [4.78, 5) is -0.977. The van der Waals surface area contributed by atoms with E-state index in [2.05, 4.69) is 0 Å². The van der Waals surface area contributed by atoms with Gasteiger partial charge in [-0.15, -0.1) is 0 Å². The Balaban J connectivity index is 0.00000288. The molecule has 0 aliphatic carbocycles. The van der Waals surface area contributed by atoms with Gasteiger partial charge in [0, 0.05) is 5.69 Å². The van der Waals surface area contributed by atoms with E-state index in [0.29, 0.717) is 0 Å². The van der Waals surface area contributed by atoms with Crippen LogP contribution in [0.1, 0.15) is 11.1 Å². The molecule has 0 aliphatic heterocycles. The van der Waals surface area contributed by atoms with Gasteiger partial charge in [-0.05, 0) is 29.3 Å². The largest absolute Gasteiger partial charge is 1.00 e. The molecule has 7 nitrogen and oxygen atoms in total. The quantitative estimate of drug-likeness (QED) is 0.236. The Morgan fingerprint density at radius 3 is 1.76 bits per heavy atom.